The molecule has 0 spiro atoms. The monoisotopic (exact) mass is 604 g/mol. The number of ether oxygens (including phenoxy) is 2. The summed E-state index contributed by atoms with van der Waals surface area (Å²) in [5.41, 5.74) is -1.60. The molecule has 13 nitrogen and oxygen atoms in total. The molecule has 2 aliphatic rings. The fourth-order valence-corrected chi connectivity index (χ4v) is 9.21. The Morgan fingerprint density at radius 3 is 2.38 bits per heavy atom. The van der Waals surface area contributed by atoms with Gasteiger partial charge in [-0.2, -0.15) is 5.26 Å². The molecule has 1 saturated carbocycles. The standard InChI is InChI=1S/C25H42N4O9P2/c1-8-35-40(32,36-9-2)19-15-18(19)21-22(38-39(34-14-10-12-26)29(16(3)4)17(5)6)23(33-7)24(37-21)28-13-11-20(30)27-25(28)31/h11,13,16-19,21-24H,8-10,14-15H2,1-7H3,(H,27,30,31)/t18?,19?,21-,22-,23-,24-,39?/m1/s1. The van der Waals surface area contributed by atoms with Gasteiger partial charge in [0.2, 0.25) is 0 Å². The third-order valence-corrected chi connectivity index (χ3v) is 11.5. The van der Waals surface area contributed by atoms with Gasteiger partial charge in [0, 0.05) is 37.4 Å². The normalized spacial score (nSPS) is 27.4. The molecule has 226 valence electrons. The predicted molar refractivity (Wildman–Crippen MR) is 149 cm³/mol. The van der Waals surface area contributed by atoms with Crippen LogP contribution < -0.4 is 11.2 Å². The van der Waals surface area contributed by atoms with Crippen LogP contribution in [0.25, 0.3) is 0 Å². The van der Waals surface area contributed by atoms with Gasteiger partial charge >= 0.3 is 13.3 Å². The second-order valence-electron chi connectivity index (χ2n) is 10.2. The summed E-state index contributed by atoms with van der Waals surface area (Å²) in [7, 11) is -3.62. The molecule has 0 amide bonds. The summed E-state index contributed by atoms with van der Waals surface area (Å²) in [6, 6.07) is 3.43. The summed E-state index contributed by atoms with van der Waals surface area (Å²) < 4.78 is 53.4. The Bertz CT molecular complexity index is 1150. The molecule has 40 heavy (non-hydrogen) atoms. The molecule has 15 heteroatoms. The summed E-state index contributed by atoms with van der Waals surface area (Å²) in [6.45, 7) is 12.3. The van der Waals surface area contributed by atoms with E-state index >= 15 is 0 Å². The lowest BCUT2D eigenvalue weighted by molar-refractivity contribution is -0.0571. The van der Waals surface area contributed by atoms with Crippen LogP contribution in [0, 0.1) is 17.2 Å². The van der Waals surface area contributed by atoms with Crippen LogP contribution in [0.4, 0.5) is 0 Å². The first-order valence-electron chi connectivity index (χ1n) is 13.7. The van der Waals surface area contributed by atoms with Gasteiger partial charge in [-0.25, -0.2) is 9.46 Å². The molecule has 1 saturated heterocycles. The second kappa shape index (κ2) is 14.6. The van der Waals surface area contributed by atoms with Gasteiger partial charge in [-0.3, -0.25) is 18.9 Å². The molecule has 1 aliphatic carbocycles. The Labute approximate surface area is 236 Å². The van der Waals surface area contributed by atoms with Crippen molar-refractivity contribution in [1.29, 1.82) is 5.26 Å². The number of nitriles is 1. The molecule has 1 aromatic heterocycles. The molecule has 1 aromatic rings. The Kier molecular flexibility index (Phi) is 12.1. The van der Waals surface area contributed by atoms with Crippen LogP contribution in [0.3, 0.4) is 0 Å². The summed E-state index contributed by atoms with van der Waals surface area (Å²) in [6.07, 6.45) is -1.06. The molecule has 3 rings (SSSR count). The van der Waals surface area contributed by atoms with Gasteiger partial charge in [-0.05, 0) is 48.0 Å². The van der Waals surface area contributed by atoms with Gasteiger partial charge in [0.1, 0.15) is 12.2 Å². The van der Waals surface area contributed by atoms with Gasteiger partial charge in [0.05, 0.1) is 44.1 Å². The fourth-order valence-electron chi connectivity index (χ4n) is 5.14. The number of rotatable bonds is 16. The highest BCUT2D eigenvalue weighted by Gasteiger charge is 2.63. The molecule has 1 aliphatic heterocycles. The maximum Gasteiger partial charge on any atom is 0.334 e. The number of nitrogens with one attached hydrogen (secondary N) is 1. The first-order chi connectivity index (χ1) is 19.0. The predicted octanol–water partition coefficient (Wildman–Crippen LogP) is 3.76. The van der Waals surface area contributed by atoms with E-state index in [0.29, 0.717) is 6.42 Å². The van der Waals surface area contributed by atoms with Crippen LogP contribution in [0.1, 0.15) is 60.6 Å². The molecular weight excluding hydrogens is 562 g/mol. The Hall–Kier alpha value is -1.45. The fraction of sp³-hybridized carbons (Fsp3) is 0.800. The molecule has 0 aromatic carbocycles. The molecule has 3 unspecified atom stereocenters. The molecule has 2 heterocycles. The summed E-state index contributed by atoms with van der Waals surface area (Å²) >= 11 is 0. The molecule has 0 bridgehead atoms. The number of hydrogen-bond acceptors (Lipinski definition) is 11. The number of nitrogens with zero attached hydrogens (tertiary/aromatic N) is 3. The minimum atomic E-state index is -3.42. The minimum Gasteiger partial charge on any atom is -0.374 e. The van der Waals surface area contributed by atoms with Crippen LogP contribution in [0.15, 0.2) is 21.9 Å². The zero-order valence-electron chi connectivity index (χ0n) is 24.2. The third-order valence-electron chi connectivity index (χ3n) is 6.75. The molecule has 7 atom stereocenters. The lowest BCUT2D eigenvalue weighted by Gasteiger charge is -2.38. The highest BCUT2D eigenvalue weighted by Crippen LogP contribution is 2.68. The number of methoxy groups -OCH3 is 1. The average molecular weight is 605 g/mol. The van der Waals surface area contributed by atoms with E-state index in [1.54, 1.807) is 13.8 Å². The molecule has 0 radical (unpaired) electrons. The van der Waals surface area contributed by atoms with Crippen molar-refractivity contribution in [2.75, 3.05) is 26.9 Å². The van der Waals surface area contributed by atoms with Crippen LogP contribution in [-0.2, 0) is 32.1 Å². The lowest BCUT2D eigenvalue weighted by Crippen LogP contribution is -2.41. The summed E-state index contributed by atoms with van der Waals surface area (Å²) in [5.74, 6) is -0.266. The number of aromatic amines is 1. The van der Waals surface area contributed by atoms with Crippen LogP contribution >= 0.6 is 16.1 Å². The molecular formula is C25H42N4O9P2. The summed E-state index contributed by atoms with van der Waals surface area (Å²) in [4.78, 5) is 26.7. The van der Waals surface area contributed by atoms with Crippen LogP contribution in [0.2, 0.25) is 0 Å². The number of H-pyrrole nitrogens is 1. The smallest absolute Gasteiger partial charge is 0.334 e. The van der Waals surface area contributed by atoms with Gasteiger partial charge in [0.25, 0.3) is 14.1 Å². The van der Waals surface area contributed by atoms with Crippen molar-refractivity contribution in [1.82, 2.24) is 14.2 Å². The van der Waals surface area contributed by atoms with Crippen molar-refractivity contribution in [2.45, 2.75) is 96.7 Å². The SMILES string of the molecule is CCOP(=O)(OCC)C1CC1[C@H]1O[C@@H](n2ccc(=O)[nH]c2=O)[C@H](OC)[C@@H]1OP(OCCC#N)N(C(C)C)C(C)C. The van der Waals surface area contributed by atoms with Crippen molar-refractivity contribution < 1.29 is 32.1 Å². The highest BCUT2D eigenvalue weighted by molar-refractivity contribution is 7.55. The zero-order chi connectivity index (χ0) is 29.6. The van der Waals surface area contributed by atoms with Crippen molar-refractivity contribution in [3.63, 3.8) is 0 Å². The minimum absolute atomic E-state index is 0.0531. The van der Waals surface area contributed by atoms with Crippen molar-refractivity contribution in [3.8, 4) is 6.07 Å². The van der Waals surface area contributed by atoms with Gasteiger partial charge in [-0.1, -0.05) is 0 Å². The third kappa shape index (κ3) is 7.49. The van der Waals surface area contributed by atoms with Crippen molar-refractivity contribution in [3.05, 3.63) is 33.1 Å². The van der Waals surface area contributed by atoms with E-state index in [4.69, 9.17) is 32.8 Å². The first-order valence-corrected chi connectivity index (χ1v) is 16.4. The van der Waals surface area contributed by atoms with E-state index < -0.39 is 57.6 Å². The zero-order valence-corrected chi connectivity index (χ0v) is 26.0. The van der Waals surface area contributed by atoms with Crippen LogP contribution in [-0.4, -0.2) is 77.2 Å². The second-order valence-corrected chi connectivity index (χ2v) is 13.8. The Balaban J connectivity index is 2.02. The molecule has 2 fully saturated rings. The number of hydrogen-bond donors (Lipinski definition) is 1. The van der Waals surface area contributed by atoms with E-state index in [1.807, 2.05) is 27.7 Å². The van der Waals surface area contributed by atoms with Gasteiger partial charge < -0.3 is 27.6 Å². The number of aromatic nitrogens is 2. The van der Waals surface area contributed by atoms with E-state index in [2.05, 4.69) is 15.7 Å². The molecule has 1 N–H and O–H groups in total. The van der Waals surface area contributed by atoms with Gasteiger partial charge in [0.15, 0.2) is 6.23 Å². The maximum atomic E-state index is 13.6. The van der Waals surface area contributed by atoms with E-state index in [1.165, 1.54) is 23.9 Å². The maximum absolute atomic E-state index is 13.6. The average Bonchev–Trinajstić information content (AvgIpc) is 3.60. The summed E-state index contributed by atoms with van der Waals surface area (Å²) in [5, 5.41) is 9.10. The topological polar surface area (TPSA) is 154 Å². The largest absolute Gasteiger partial charge is 0.374 e. The first kappa shape index (κ1) is 33.1. The highest BCUT2D eigenvalue weighted by atomic mass is 31.2. The van der Waals surface area contributed by atoms with Gasteiger partial charge in [-0.15, -0.1) is 0 Å². The quantitative estimate of drug-likeness (QED) is 0.217. The van der Waals surface area contributed by atoms with E-state index in [9.17, 15) is 14.2 Å². The van der Waals surface area contributed by atoms with E-state index in [0.717, 1.165) is 0 Å². The lowest BCUT2D eigenvalue weighted by atomic mass is 10.1. The Morgan fingerprint density at radius 1 is 1.20 bits per heavy atom. The van der Waals surface area contributed by atoms with Crippen molar-refractivity contribution >= 4 is 16.1 Å². The van der Waals surface area contributed by atoms with Crippen molar-refractivity contribution in [2.24, 2.45) is 5.92 Å². The Morgan fingerprint density at radius 2 is 1.85 bits per heavy atom. The van der Waals surface area contributed by atoms with E-state index in [-0.39, 0.29) is 44.2 Å². The van der Waals surface area contributed by atoms with Crippen LogP contribution in [0.5, 0.6) is 0 Å².